The number of amidine groups is 1. The number of hydrogen-bond donors (Lipinski definition) is 3. The summed E-state index contributed by atoms with van der Waals surface area (Å²) in [6, 6.07) is 13.9. The first kappa shape index (κ1) is 17.8. The molecule has 146 valence electrons. The Morgan fingerprint density at radius 1 is 1.28 bits per heavy atom. The number of nitrogens with one attached hydrogen (secondary N) is 2. The lowest BCUT2D eigenvalue weighted by Crippen LogP contribution is -2.28. The van der Waals surface area contributed by atoms with Crippen molar-refractivity contribution in [3.63, 3.8) is 0 Å². The molecule has 0 bridgehead atoms. The second-order valence-electron chi connectivity index (χ2n) is 7.05. The molecule has 0 fully saturated rings. The van der Waals surface area contributed by atoms with Gasteiger partial charge in [-0.15, -0.1) is 11.3 Å². The van der Waals surface area contributed by atoms with E-state index >= 15 is 0 Å². The van der Waals surface area contributed by atoms with Gasteiger partial charge in [0.15, 0.2) is 0 Å². The predicted octanol–water partition coefficient (Wildman–Crippen LogP) is 4.59. The first-order valence-electron chi connectivity index (χ1n) is 9.40. The molecule has 0 atom stereocenters. The highest BCUT2D eigenvalue weighted by molar-refractivity contribution is 7.19. The van der Waals surface area contributed by atoms with Gasteiger partial charge in [-0.2, -0.15) is 0 Å². The van der Waals surface area contributed by atoms with E-state index in [9.17, 15) is 5.11 Å². The van der Waals surface area contributed by atoms with E-state index in [0.29, 0.717) is 29.5 Å². The molecule has 7 heteroatoms. The molecule has 1 aliphatic heterocycles. The molecule has 29 heavy (non-hydrogen) atoms. The Morgan fingerprint density at radius 2 is 2.14 bits per heavy atom. The van der Waals surface area contributed by atoms with Crippen molar-refractivity contribution >= 4 is 43.9 Å². The van der Waals surface area contributed by atoms with Gasteiger partial charge in [0, 0.05) is 23.6 Å². The van der Waals surface area contributed by atoms with Crippen LogP contribution in [0.15, 0.2) is 54.4 Å². The lowest BCUT2D eigenvalue weighted by atomic mass is 10.1. The van der Waals surface area contributed by atoms with E-state index in [0.717, 1.165) is 33.3 Å². The maximum absolute atomic E-state index is 10.5. The fourth-order valence-corrected chi connectivity index (χ4v) is 4.81. The summed E-state index contributed by atoms with van der Waals surface area (Å²) in [5, 5.41) is 21.0. The fourth-order valence-electron chi connectivity index (χ4n) is 3.78. The Hall–Kier alpha value is -3.32. The van der Waals surface area contributed by atoms with Crippen molar-refractivity contribution in [2.24, 2.45) is 0 Å². The number of methoxy groups -OCH3 is 1. The highest BCUT2D eigenvalue weighted by atomic mass is 32.1. The Labute approximate surface area is 171 Å². The van der Waals surface area contributed by atoms with Crippen LogP contribution in [-0.4, -0.2) is 46.0 Å². The van der Waals surface area contributed by atoms with Crippen LogP contribution in [0.25, 0.3) is 26.7 Å². The normalized spacial score (nSPS) is 14.5. The SMILES string of the molecule is COc1ccc2[nH]cc(CCN3CC(O)=C(c4nc5ccccc5s4)C3=N)c2c1. The largest absolute Gasteiger partial charge is 0.510 e. The first-order valence-corrected chi connectivity index (χ1v) is 10.2. The highest BCUT2D eigenvalue weighted by Crippen LogP contribution is 2.33. The van der Waals surface area contributed by atoms with Crippen LogP contribution < -0.4 is 4.74 Å². The second kappa shape index (κ2) is 6.93. The number of aromatic nitrogens is 2. The molecule has 1 aliphatic rings. The average molecular weight is 404 g/mol. The zero-order valence-corrected chi connectivity index (χ0v) is 16.7. The Bertz CT molecular complexity index is 1240. The molecule has 0 unspecified atom stereocenters. The van der Waals surface area contributed by atoms with Crippen molar-refractivity contribution in [2.75, 3.05) is 20.2 Å². The quantitative estimate of drug-likeness (QED) is 0.454. The molecule has 0 amide bonds. The zero-order chi connectivity index (χ0) is 20.0. The summed E-state index contributed by atoms with van der Waals surface area (Å²) in [4.78, 5) is 9.80. The van der Waals surface area contributed by atoms with Gasteiger partial charge < -0.3 is 19.7 Å². The summed E-state index contributed by atoms with van der Waals surface area (Å²) >= 11 is 1.51. The van der Waals surface area contributed by atoms with E-state index in [1.807, 2.05) is 53.6 Å². The van der Waals surface area contributed by atoms with Gasteiger partial charge in [-0.05, 0) is 42.3 Å². The van der Waals surface area contributed by atoms with E-state index in [2.05, 4.69) is 9.97 Å². The number of hydrogen-bond acceptors (Lipinski definition) is 5. The van der Waals surface area contributed by atoms with E-state index in [1.54, 1.807) is 7.11 Å². The second-order valence-corrected chi connectivity index (χ2v) is 8.08. The smallest absolute Gasteiger partial charge is 0.135 e. The fraction of sp³-hybridized carbons (Fsp3) is 0.182. The van der Waals surface area contributed by atoms with Gasteiger partial charge in [0.05, 0.1) is 29.4 Å². The highest BCUT2D eigenvalue weighted by Gasteiger charge is 2.30. The Morgan fingerprint density at radius 3 is 2.97 bits per heavy atom. The summed E-state index contributed by atoms with van der Waals surface area (Å²) in [6.45, 7) is 0.983. The molecular weight excluding hydrogens is 384 g/mol. The van der Waals surface area contributed by atoms with Gasteiger partial charge in [0.2, 0.25) is 0 Å². The minimum atomic E-state index is 0.217. The molecule has 0 radical (unpaired) electrons. The minimum absolute atomic E-state index is 0.217. The van der Waals surface area contributed by atoms with E-state index < -0.39 is 0 Å². The van der Waals surface area contributed by atoms with Gasteiger partial charge >= 0.3 is 0 Å². The third-order valence-corrected chi connectivity index (χ3v) is 6.37. The number of fused-ring (bicyclic) bond motifs is 2. The maximum Gasteiger partial charge on any atom is 0.135 e. The third-order valence-electron chi connectivity index (χ3n) is 5.32. The molecule has 0 saturated carbocycles. The number of thiazole rings is 1. The van der Waals surface area contributed by atoms with Crippen LogP contribution in [0.3, 0.4) is 0 Å². The molecule has 6 nitrogen and oxygen atoms in total. The Balaban J connectivity index is 1.36. The van der Waals surface area contributed by atoms with Gasteiger partial charge in [0.25, 0.3) is 0 Å². The number of aliphatic hydroxyl groups is 1. The van der Waals surface area contributed by atoms with Gasteiger partial charge in [0.1, 0.15) is 22.4 Å². The van der Waals surface area contributed by atoms with Crippen LogP contribution in [0.2, 0.25) is 0 Å². The number of ether oxygens (including phenoxy) is 1. The first-order chi connectivity index (χ1) is 14.1. The summed E-state index contributed by atoms with van der Waals surface area (Å²) in [7, 11) is 1.66. The van der Waals surface area contributed by atoms with Crippen LogP contribution >= 0.6 is 11.3 Å². The minimum Gasteiger partial charge on any atom is -0.510 e. The third kappa shape index (κ3) is 3.03. The van der Waals surface area contributed by atoms with Crippen LogP contribution in [0.5, 0.6) is 5.75 Å². The average Bonchev–Trinajstić information content (AvgIpc) is 3.41. The zero-order valence-electron chi connectivity index (χ0n) is 15.9. The van der Waals surface area contributed by atoms with Crippen LogP contribution in [0.4, 0.5) is 0 Å². The number of benzene rings is 2. The predicted molar refractivity (Wildman–Crippen MR) is 117 cm³/mol. The molecule has 0 aliphatic carbocycles. The van der Waals surface area contributed by atoms with Gasteiger partial charge in [-0.3, -0.25) is 5.41 Å². The molecule has 4 aromatic rings. The van der Waals surface area contributed by atoms with Crippen molar-refractivity contribution in [1.82, 2.24) is 14.9 Å². The lowest BCUT2D eigenvalue weighted by Gasteiger charge is -2.18. The molecule has 3 heterocycles. The molecule has 2 aromatic carbocycles. The number of H-pyrrole nitrogens is 1. The summed E-state index contributed by atoms with van der Waals surface area (Å²) in [5.74, 6) is 1.37. The van der Waals surface area contributed by atoms with E-state index in [4.69, 9.17) is 10.1 Å². The molecule has 0 saturated heterocycles. The van der Waals surface area contributed by atoms with Crippen molar-refractivity contribution < 1.29 is 9.84 Å². The van der Waals surface area contributed by atoms with Crippen molar-refractivity contribution in [2.45, 2.75) is 6.42 Å². The van der Waals surface area contributed by atoms with E-state index in [-0.39, 0.29) is 5.76 Å². The van der Waals surface area contributed by atoms with Crippen LogP contribution in [0.1, 0.15) is 10.6 Å². The Kier molecular flexibility index (Phi) is 4.24. The van der Waals surface area contributed by atoms with Crippen molar-refractivity contribution in [3.8, 4) is 5.75 Å². The molecule has 3 N–H and O–H groups in total. The van der Waals surface area contributed by atoms with Gasteiger partial charge in [-0.25, -0.2) is 4.98 Å². The molecule has 2 aromatic heterocycles. The molecular formula is C22H20N4O2S. The van der Waals surface area contributed by atoms with Crippen LogP contribution in [0, 0.1) is 5.41 Å². The monoisotopic (exact) mass is 404 g/mol. The summed E-state index contributed by atoms with van der Waals surface area (Å²) in [5.41, 5.74) is 3.67. The standard InChI is InChI=1S/C22H20N4O2S/c1-28-14-6-7-16-15(10-14)13(11-24-16)8-9-26-12-18(27)20(21(26)23)22-25-17-4-2-3-5-19(17)29-22/h2-7,10-11,23-24,27H,8-9,12H2,1H3. The number of para-hydroxylation sites is 1. The number of nitrogens with zero attached hydrogens (tertiary/aromatic N) is 2. The maximum atomic E-state index is 10.5. The summed E-state index contributed by atoms with van der Waals surface area (Å²) < 4.78 is 6.40. The molecule has 5 rings (SSSR count). The summed E-state index contributed by atoms with van der Waals surface area (Å²) in [6.07, 6.45) is 2.77. The van der Waals surface area contributed by atoms with E-state index in [1.165, 1.54) is 16.9 Å². The molecule has 0 spiro atoms. The number of aliphatic hydroxyl groups excluding tert-OH is 1. The number of aromatic amines is 1. The van der Waals surface area contributed by atoms with Crippen molar-refractivity contribution in [1.29, 1.82) is 5.41 Å². The van der Waals surface area contributed by atoms with Crippen LogP contribution in [-0.2, 0) is 6.42 Å². The topological polar surface area (TPSA) is 85.2 Å². The van der Waals surface area contributed by atoms with Gasteiger partial charge in [-0.1, -0.05) is 12.1 Å². The van der Waals surface area contributed by atoms with Crippen molar-refractivity contribution in [3.05, 3.63) is 65.0 Å². The lowest BCUT2D eigenvalue weighted by molar-refractivity contribution is 0.351. The number of rotatable bonds is 5.